The number of carbonyl (C=O) groups excluding carboxylic acids is 1. The SMILES string of the molecule is NCCC[C@]1([C@@H](O)CO)OC(=O)C(O)=C1O.O=P(O)(O)O. The molecular weight excluding hydrogens is 313 g/mol. The van der Waals surface area contributed by atoms with Crippen molar-refractivity contribution in [3.05, 3.63) is 11.5 Å². The second-order valence-electron chi connectivity index (χ2n) is 4.08. The molecule has 0 aliphatic carbocycles. The van der Waals surface area contributed by atoms with Crippen LogP contribution >= 0.6 is 7.82 Å². The van der Waals surface area contributed by atoms with E-state index < -0.39 is 43.6 Å². The van der Waals surface area contributed by atoms with E-state index in [1.165, 1.54) is 0 Å². The maximum absolute atomic E-state index is 11.1. The molecule has 0 spiro atoms. The first-order chi connectivity index (χ1) is 9.49. The number of esters is 1. The van der Waals surface area contributed by atoms with E-state index in [2.05, 4.69) is 0 Å². The number of carbonyl (C=O) groups is 1. The summed E-state index contributed by atoms with van der Waals surface area (Å²) in [6.07, 6.45) is -1.14. The molecule has 11 nitrogen and oxygen atoms in total. The molecule has 21 heavy (non-hydrogen) atoms. The average molecular weight is 331 g/mol. The van der Waals surface area contributed by atoms with E-state index in [9.17, 15) is 20.1 Å². The van der Waals surface area contributed by atoms with Crippen LogP contribution in [0.4, 0.5) is 0 Å². The van der Waals surface area contributed by atoms with Crippen molar-refractivity contribution in [1.82, 2.24) is 0 Å². The number of aliphatic hydroxyl groups excluding tert-OH is 4. The summed E-state index contributed by atoms with van der Waals surface area (Å²) >= 11 is 0. The van der Waals surface area contributed by atoms with Crippen LogP contribution < -0.4 is 5.73 Å². The van der Waals surface area contributed by atoms with Gasteiger partial charge in [-0.15, -0.1) is 0 Å². The molecule has 0 bridgehead atoms. The van der Waals surface area contributed by atoms with E-state index in [1.807, 2.05) is 0 Å². The zero-order valence-corrected chi connectivity index (χ0v) is 11.7. The summed E-state index contributed by atoms with van der Waals surface area (Å²) < 4.78 is 13.6. The number of ether oxygens (including phenoxy) is 1. The second-order valence-corrected chi connectivity index (χ2v) is 5.11. The van der Waals surface area contributed by atoms with Crippen molar-refractivity contribution in [3.63, 3.8) is 0 Å². The molecule has 124 valence electrons. The Labute approximate surface area is 119 Å². The molecule has 2 atom stereocenters. The Balaban J connectivity index is 0.000000690. The molecule has 1 aliphatic rings. The van der Waals surface area contributed by atoms with E-state index in [0.29, 0.717) is 6.42 Å². The molecule has 0 fully saturated rings. The Hall–Kier alpha value is -1.20. The molecule has 0 aromatic rings. The minimum absolute atomic E-state index is 0.0207. The minimum Gasteiger partial charge on any atom is -0.505 e. The summed E-state index contributed by atoms with van der Waals surface area (Å²) in [4.78, 5) is 32.6. The van der Waals surface area contributed by atoms with Crippen molar-refractivity contribution in [3.8, 4) is 0 Å². The highest BCUT2D eigenvalue weighted by atomic mass is 31.2. The Bertz CT molecular complexity index is 438. The van der Waals surface area contributed by atoms with Gasteiger partial charge in [0.2, 0.25) is 11.4 Å². The van der Waals surface area contributed by atoms with Gasteiger partial charge < -0.3 is 45.6 Å². The number of aliphatic hydroxyl groups is 4. The number of rotatable bonds is 5. The van der Waals surface area contributed by atoms with E-state index in [-0.39, 0.29) is 13.0 Å². The molecule has 0 saturated heterocycles. The van der Waals surface area contributed by atoms with E-state index in [0.717, 1.165) is 0 Å². The van der Waals surface area contributed by atoms with Crippen LogP contribution in [0.15, 0.2) is 11.5 Å². The first-order valence-electron chi connectivity index (χ1n) is 5.63. The van der Waals surface area contributed by atoms with Crippen molar-refractivity contribution in [2.45, 2.75) is 24.5 Å². The van der Waals surface area contributed by atoms with Crippen LogP contribution in [0.25, 0.3) is 0 Å². The minimum atomic E-state index is -4.64. The molecule has 0 saturated carbocycles. The Morgan fingerprint density at radius 1 is 1.29 bits per heavy atom. The molecule has 0 aromatic heterocycles. The van der Waals surface area contributed by atoms with Crippen LogP contribution in [0.1, 0.15) is 12.8 Å². The number of hydrogen-bond donors (Lipinski definition) is 8. The van der Waals surface area contributed by atoms with E-state index in [1.54, 1.807) is 0 Å². The molecule has 1 aliphatic heterocycles. The van der Waals surface area contributed by atoms with Gasteiger partial charge in [0.05, 0.1) is 6.61 Å². The molecule has 0 amide bonds. The lowest BCUT2D eigenvalue weighted by molar-refractivity contribution is -0.165. The van der Waals surface area contributed by atoms with Gasteiger partial charge in [-0.2, -0.15) is 0 Å². The molecule has 9 N–H and O–H groups in total. The maximum atomic E-state index is 11.1. The van der Waals surface area contributed by atoms with Gasteiger partial charge in [-0.05, 0) is 19.4 Å². The van der Waals surface area contributed by atoms with Crippen molar-refractivity contribution < 1.29 is 49.2 Å². The molecule has 0 aromatic carbocycles. The number of cyclic esters (lactones) is 1. The largest absolute Gasteiger partial charge is 0.505 e. The normalized spacial score (nSPS) is 23.4. The van der Waals surface area contributed by atoms with Crippen molar-refractivity contribution >= 4 is 13.8 Å². The highest BCUT2D eigenvalue weighted by molar-refractivity contribution is 7.45. The molecular formula is C9H18NO10P. The van der Waals surface area contributed by atoms with Gasteiger partial charge in [-0.25, -0.2) is 9.36 Å². The summed E-state index contributed by atoms with van der Waals surface area (Å²) in [7, 11) is -4.64. The first-order valence-corrected chi connectivity index (χ1v) is 7.19. The number of nitrogens with two attached hydrogens (primary N) is 1. The van der Waals surface area contributed by atoms with Crippen LogP contribution in [0.5, 0.6) is 0 Å². The lowest BCUT2D eigenvalue weighted by Crippen LogP contribution is -2.47. The summed E-state index contributed by atoms with van der Waals surface area (Å²) in [5, 5.41) is 37.2. The summed E-state index contributed by atoms with van der Waals surface area (Å²) in [6.45, 7) is -0.458. The fourth-order valence-corrected chi connectivity index (χ4v) is 1.63. The van der Waals surface area contributed by atoms with Gasteiger partial charge in [0.15, 0.2) is 5.76 Å². The van der Waals surface area contributed by atoms with Crippen molar-refractivity contribution in [2.24, 2.45) is 5.73 Å². The standard InChI is InChI=1S/C9H15NO6.H3O4P/c10-3-1-2-9(5(12)4-11)7(14)6(13)8(15)16-9;1-5(2,3)4/h5,11-14H,1-4,10H2;(H3,1,2,3,4)/t5-,9+;/m0./s1. The third-order valence-electron chi connectivity index (χ3n) is 2.56. The number of phosphoric acid groups is 1. The first kappa shape index (κ1) is 19.8. The van der Waals surface area contributed by atoms with Gasteiger partial charge in [0.25, 0.3) is 0 Å². The molecule has 0 unspecified atom stereocenters. The predicted octanol–water partition coefficient (Wildman–Crippen LogP) is -2.23. The zero-order chi connectivity index (χ0) is 16.8. The second kappa shape index (κ2) is 7.71. The van der Waals surface area contributed by atoms with Crippen LogP contribution in [0.2, 0.25) is 0 Å². The zero-order valence-electron chi connectivity index (χ0n) is 10.8. The molecule has 1 rings (SSSR count). The Kier molecular flexibility index (Phi) is 7.27. The van der Waals surface area contributed by atoms with Crippen molar-refractivity contribution in [1.29, 1.82) is 0 Å². The maximum Gasteiger partial charge on any atom is 0.466 e. The van der Waals surface area contributed by atoms with Crippen LogP contribution in [-0.4, -0.2) is 65.9 Å². The van der Waals surface area contributed by atoms with Gasteiger partial charge in [0, 0.05) is 0 Å². The molecule has 0 radical (unpaired) electrons. The van der Waals surface area contributed by atoms with E-state index >= 15 is 0 Å². The lowest BCUT2D eigenvalue weighted by atomic mass is 9.89. The summed E-state index contributed by atoms with van der Waals surface area (Å²) in [5.41, 5.74) is 3.49. The monoisotopic (exact) mass is 331 g/mol. The van der Waals surface area contributed by atoms with Crippen LogP contribution in [0, 0.1) is 0 Å². The third-order valence-corrected chi connectivity index (χ3v) is 2.56. The van der Waals surface area contributed by atoms with Crippen LogP contribution in [-0.2, 0) is 14.1 Å². The Morgan fingerprint density at radius 2 is 1.76 bits per heavy atom. The average Bonchev–Trinajstić information content (AvgIpc) is 2.59. The van der Waals surface area contributed by atoms with Gasteiger partial charge in [-0.3, -0.25) is 0 Å². The van der Waals surface area contributed by atoms with Crippen molar-refractivity contribution in [2.75, 3.05) is 13.2 Å². The van der Waals surface area contributed by atoms with Crippen LogP contribution in [0.3, 0.4) is 0 Å². The van der Waals surface area contributed by atoms with Gasteiger partial charge in [-0.1, -0.05) is 0 Å². The fraction of sp³-hybridized carbons (Fsp3) is 0.667. The highest BCUT2D eigenvalue weighted by Crippen LogP contribution is 2.37. The third kappa shape index (κ3) is 5.59. The smallest absolute Gasteiger partial charge is 0.466 e. The highest BCUT2D eigenvalue weighted by Gasteiger charge is 2.53. The predicted molar refractivity (Wildman–Crippen MR) is 66.8 cm³/mol. The van der Waals surface area contributed by atoms with Gasteiger partial charge >= 0.3 is 13.8 Å². The summed E-state index contributed by atoms with van der Waals surface area (Å²) in [5.74, 6) is -2.82. The van der Waals surface area contributed by atoms with Gasteiger partial charge in [0.1, 0.15) is 6.10 Å². The Morgan fingerprint density at radius 3 is 2.05 bits per heavy atom. The van der Waals surface area contributed by atoms with E-state index in [4.69, 9.17) is 34.8 Å². The number of hydrogen-bond acceptors (Lipinski definition) is 8. The topological polar surface area (TPSA) is 211 Å². The fourth-order valence-electron chi connectivity index (χ4n) is 1.63. The molecule has 12 heteroatoms. The quantitative estimate of drug-likeness (QED) is 0.199. The lowest BCUT2D eigenvalue weighted by Gasteiger charge is -2.31. The molecule has 1 heterocycles. The summed E-state index contributed by atoms with van der Waals surface area (Å²) in [6, 6.07) is 0.